The number of hydrogen-bond acceptors (Lipinski definition) is 6. The number of thioether (sulfide) groups is 1. The Hall–Kier alpha value is -2.26. The number of anilines is 1. The van der Waals surface area contributed by atoms with E-state index >= 15 is 0 Å². The van der Waals surface area contributed by atoms with Crippen molar-refractivity contribution in [1.29, 1.82) is 0 Å². The summed E-state index contributed by atoms with van der Waals surface area (Å²) in [5.41, 5.74) is 0.0173. The van der Waals surface area contributed by atoms with Crippen LogP contribution in [0, 0.1) is 5.41 Å². The zero-order valence-electron chi connectivity index (χ0n) is 15.3. The minimum absolute atomic E-state index is 0.0261. The molecule has 1 aliphatic heterocycles. The van der Waals surface area contributed by atoms with E-state index in [2.05, 4.69) is 10.3 Å². The van der Waals surface area contributed by atoms with E-state index < -0.39 is 11.4 Å². The molecule has 7 nitrogen and oxygen atoms in total. The Morgan fingerprint density at radius 1 is 1.41 bits per heavy atom. The quantitative estimate of drug-likeness (QED) is 0.552. The van der Waals surface area contributed by atoms with Crippen molar-refractivity contribution in [3.05, 3.63) is 28.8 Å². The average molecular weight is 408 g/mol. The number of carboxylic acids is 1. The van der Waals surface area contributed by atoms with E-state index in [-0.39, 0.29) is 24.8 Å². The number of thiocarbonyl (C=S) groups is 1. The standard InChI is InChI=1S/C18H21N3O4S2/c1-18(2,3)16(25)20-14-11(6-4-8-19-14)10-12-15(24)21(17(26)27-12)9-5-7-13(22)23/h4,6,8,10H,5,7,9H2,1-3H3,(H,22,23)(H,19,20,25)/b12-10-. The minimum Gasteiger partial charge on any atom is -0.481 e. The van der Waals surface area contributed by atoms with Gasteiger partial charge in [-0.3, -0.25) is 19.3 Å². The number of carbonyl (C=O) groups excluding carboxylic acids is 2. The maximum Gasteiger partial charge on any atom is 0.303 e. The average Bonchev–Trinajstić information content (AvgIpc) is 2.83. The van der Waals surface area contributed by atoms with Gasteiger partial charge in [0, 0.05) is 30.1 Å². The highest BCUT2D eigenvalue weighted by molar-refractivity contribution is 8.26. The second-order valence-electron chi connectivity index (χ2n) is 6.98. The summed E-state index contributed by atoms with van der Waals surface area (Å²) in [7, 11) is 0. The summed E-state index contributed by atoms with van der Waals surface area (Å²) >= 11 is 6.39. The van der Waals surface area contributed by atoms with Crippen LogP contribution >= 0.6 is 24.0 Å². The monoisotopic (exact) mass is 407 g/mol. The first kappa shape index (κ1) is 21.0. The van der Waals surface area contributed by atoms with Crippen molar-refractivity contribution in [2.45, 2.75) is 33.6 Å². The van der Waals surface area contributed by atoms with Gasteiger partial charge in [-0.15, -0.1) is 0 Å². The Morgan fingerprint density at radius 2 is 2.11 bits per heavy atom. The van der Waals surface area contributed by atoms with E-state index in [1.165, 1.54) is 4.90 Å². The molecule has 0 bridgehead atoms. The molecule has 2 heterocycles. The molecular formula is C18H21N3O4S2. The third-order valence-corrected chi connectivity index (χ3v) is 5.06. The third-order valence-electron chi connectivity index (χ3n) is 3.68. The van der Waals surface area contributed by atoms with Gasteiger partial charge < -0.3 is 10.4 Å². The molecule has 0 spiro atoms. The molecule has 1 saturated heterocycles. The predicted octanol–water partition coefficient (Wildman–Crippen LogP) is 3.13. The van der Waals surface area contributed by atoms with Gasteiger partial charge in [0.1, 0.15) is 10.1 Å². The Kier molecular flexibility index (Phi) is 6.72. The number of pyridine rings is 1. The molecule has 9 heteroatoms. The number of carbonyl (C=O) groups is 3. The molecular weight excluding hydrogens is 386 g/mol. The van der Waals surface area contributed by atoms with Gasteiger partial charge in [-0.25, -0.2) is 4.98 Å². The van der Waals surface area contributed by atoms with Crippen molar-refractivity contribution in [2.75, 3.05) is 11.9 Å². The summed E-state index contributed by atoms with van der Waals surface area (Å²) in [5, 5.41) is 11.5. The summed E-state index contributed by atoms with van der Waals surface area (Å²) in [6.45, 7) is 5.66. The molecule has 0 atom stereocenters. The number of amides is 2. The Balaban J connectivity index is 2.19. The fraction of sp³-hybridized carbons (Fsp3) is 0.389. The van der Waals surface area contributed by atoms with Gasteiger partial charge in [0.15, 0.2) is 0 Å². The first-order valence-corrected chi connectivity index (χ1v) is 9.55. The predicted molar refractivity (Wildman–Crippen MR) is 109 cm³/mol. The number of aromatic nitrogens is 1. The van der Waals surface area contributed by atoms with Crippen LogP contribution in [0.5, 0.6) is 0 Å². The highest BCUT2D eigenvalue weighted by Gasteiger charge is 2.32. The lowest BCUT2D eigenvalue weighted by atomic mass is 9.95. The van der Waals surface area contributed by atoms with Crippen molar-refractivity contribution in [2.24, 2.45) is 5.41 Å². The van der Waals surface area contributed by atoms with Gasteiger partial charge in [0.05, 0.1) is 4.91 Å². The van der Waals surface area contributed by atoms with Crippen molar-refractivity contribution in [1.82, 2.24) is 9.88 Å². The Bertz CT molecular complexity index is 815. The lowest BCUT2D eigenvalue weighted by molar-refractivity contribution is -0.137. The van der Waals surface area contributed by atoms with Crippen LogP contribution in [0.15, 0.2) is 23.2 Å². The van der Waals surface area contributed by atoms with Crippen LogP contribution in [0.3, 0.4) is 0 Å². The summed E-state index contributed by atoms with van der Waals surface area (Å²) in [6, 6.07) is 3.47. The second kappa shape index (κ2) is 8.62. The zero-order valence-corrected chi connectivity index (χ0v) is 16.9. The fourth-order valence-electron chi connectivity index (χ4n) is 2.16. The summed E-state index contributed by atoms with van der Waals surface area (Å²) < 4.78 is 0.390. The van der Waals surface area contributed by atoms with E-state index in [1.54, 1.807) is 45.2 Å². The van der Waals surface area contributed by atoms with Gasteiger partial charge in [0.25, 0.3) is 5.91 Å². The molecule has 0 saturated carbocycles. The summed E-state index contributed by atoms with van der Waals surface area (Å²) in [6.07, 6.45) is 3.50. The van der Waals surface area contributed by atoms with Crippen molar-refractivity contribution in [3.63, 3.8) is 0 Å². The lowest BCUT2D eigenvalue weighted by Gasteiger charge is -2.18. The zero-order chi connectivity index (χ0) is 20.2. The number of aliphatic carboxylic acids is 1. The minimum atomic E-state index is -0.912. The molecule has 2 N–H and O–H groups in total. The maximum absolute atomic E-state index is 12.6. The number of rotatable bonds is 6. The first-order chi connectivity index (χ1) is 12.6. The molecule has 2 rings (SSSR count). The SMILES string of the molecule is CC(C)(C)C(=O)Nc1ncccc1/C=C1\SC(=S)N(CCCC(=O)O)C1=O. The second-order valence-corrected chi connectivity index (χ2v) is 8.65. The lowest BCUT2D eigenvalue weighted by Crippen LogP contribution is -2.29. The Morgan fingerprint density at radius 3 is 2.74 bits per heavy atom. The molecule has 1 fully saturated rings. The number of carboxylic acid groups (broad SMARTS) is 1. The molecule has 0 aromatic carbocycles. The van der Waals surface area contributed by atoms with Crippen LogP contribution in [0.25, 0.3) is 6.08 Å². The third kappa shape index (κ3) is 5.61. The van der Waals surface area contributed by atoms with Gasteiger partial charge in [-0.05, 0) is 24.6 Å². The van der Waals surface area contributed by atoms with E-state index in [4.69, 9.17) is 17.3 Å². The van der Waals surface area contributed by atoms with Crippen LogP contribution < -0.4 is 5.32 Å². The van der Waals surface area contributed by atoms with E-state index in [0.717, 1.165) is 11.8 Å². The van der Waals surface area contributed by atoms with Crippen molar-refractivity contribution < 1.29 is 19.5 Å². The van der Waals surface area contributed by atoms with Crippen LogP contribution in [0.4, 0.5) is 5.82 Å². The largest absolute Gasteiger partial charge is 0.481 e. The highest BCUT2D eigenvalue weighted by Crippen LogP contribution is 2.33. The van der Waals surface area contributed by atoms with E-state index in [9.17, 15) is 14.4 Å². The number of hydrogen-bond donors (Lipinski definition) is 2. The molecule has 1 aromatic rings. The topological polar surface area (TPSA) is 99.6 Å². The fourth-order valence-corrected chi connectivity index (χ4v) is 3.46. The van der Waals surface area contributed by atoms with Gasteiger partial charge >= 0.3 is 5.97 Å². The molecule has 27 heavy (non-hydrogen) atoms. The smallest absolute Gasteiger partial charge is 0.303 e. The van der Waals surface area contributed by atoms with Gasteiger partial charge in [0.2, 0.25) is 5.91 Å². The summed E-state index contributed by atoms with van der Waals surface area (Å²) in [4.78, 5) is 41.5. The number of nitrogens with zero attached hydrogens (tertiary/aromatic N) is 2. The molecule has 0 unspecified atom stereocenters. The summed E-state index contributed by atoms with van der Waals surface area (Å²) in [5.74, 6) is -0.997. The van der Waals surface area contributed by atoms with E-state index in [1.807, 2.05) is 0 Å². The van der Waals surface area contributed by atoms with Crippen LogP contribution in [0.1, 0.15) is 39.2 Å². The van der Waals surface area contributed by atoms with Crippen molar-refractivity contribution in [3.8, 4) is 0 Å². The molecule has 0 aliphatic carbocycles. The number of nitrogens with one attached hydrogen (secondary N) is 1. The van der Waals surface area contributed by atoms with Crippen LogP contribution in [0.2, 0.25) is 0 Å². The Labute approximate surface area is 167 Å². The van der Waals surface area contributed by atoms with Gasteiger partial charge in [-0.1, -0.05) is 44.8 Å². The molecule has 1 aliphatic rings. The normalized spacial score (nSPS) is 16.1. The first-order valence-electron chi connectivity index (χ1n) is 8.33. The van der Waals surface area contributed by atoms with Crippen molar-refractivity contribution >= 4 is 58.0 Å². The van der Waals surface area contributed by atoms with Gasteiger partial charge in [-0.2, -0.15) is 0 Å². The highest BCUT2D eigenvalue weighted by atomic mass is 32.2. The molecule has 2 amide bonds. The molecule has 1 aromatic heterocycles. The van der Waals surface area contributed by atoms with E-state index in [0.29, 0.717) is 27.0 Å². The maximum atomic E-state index is 12.6. The molecule has 0 radical (unpaired) electrons. The van der Waals surface area contributed by atoms with Crippen LogP contribution in [-0.4, -0.2) is 43.6 Å². The van der Waals surface area contributed by atoms with Crippen LogP contribution in [-0.2, 0) is 14.4 Å². The molecule has 144 valence electrons.